The molecule has 53 heavy (non-hydrogen) atoms. The lowest BCUT2D eigenvalue weighted by Crippen LogP contribution is -2.04. The van der Waals surface area contributed by atoms with E-state index < -0.39 is 0 Å². The molecule has 0 N–H and O–H groups in total. The standard InChI is InChI=1S/C48H82O5/c1-5-9-13-17-21-25-29-37-49-45-35-33-43(41-47(45)51-39-31-27-23-19-15-11-7-3)53-44-34-36-46(50-38-30-26-22-18-14-10-6-2)48(42-44)52-40-32-28-24-20-16-12-8-4/h33-36,41-42H,5-32,37-40H2,1-4H3. The molecule has 0 fully saturated rings. The maximum absolute atomic E-state index is 6.44. The van der Waals surface area contributed by atoms with Crippen molar-refractivity contribution in [3.63, 3.8) is 0 Å². The van der Waals surface area contributed by atoms with Crippen molar-refractivity contribution in [2.45, 2.75) is 207 Å². The third kappa shape index (κ3) is 24.5. The summed E-state index contributed by atoms with van der Waals surface area (Å²) in [5, 5.41) is 0. The van der Waals surface area contributed by atoms with Crippen LogP contribution >= 0.6 is 0 Å². The fourth-order valence-corrected chi connectivity index (χ4v) is 6.67. The molecule has 0 aliphatic heterocycles. The van der Waals surface area contributed by atoms with Crippen molar-refractivity contribution in [3.8, 4) is 34.5 Å². The zero-order chi connectivity index (χ0) is 37.9. The molecule has 5 nitrogen and oxygen atoms in total. The van der Waals surface area contributed by atoms with Gasteiger partial charge in [-0.1, -0.05) is 182 Å². The SMILES string of the molecule is CCCCCCCCCOc1ccc(Oc2ccc(OCCCCCCCCC)c(OCCCCCCCCC)c2)cc1OCCCCCCCCC. The Morgan fingerprint density at radius 3 is 0.811 bits per heavy atom. The lowest BCUT2D eigenvalue weighted by atomic mass is 10.1. The van der Waals surface area contributed by atoms with Crippen molar-refractivity contribution in [2.75, 3.05) is 26.4 Å². The van der Waals surface area contributed by atoms with Crippen molar-refractivity contribution < 1.29 is 23.7 Å². The summed E-state index contributed by atoms with van der Waals surface area (Å²) in [5.74, 6) is 4.61. The maximum Gasteiger partial charge on any atom is 0.164 e. The van der Waals surface area contributed by atoms with Gasteiger partial charge in [-0.3, -0.25) is 0 Å². The van der Waals surface area contributed by atoms with Crippen molar-refractivity contribution >= 4 is 0 Å². The third-order valence-electron chi connectivity index (χ3n) is 10.1. The summed E-state index contributed by atoms with van der Waals surface area (Å²) in [6.45, 7) is 11.9. The lowest BCUT2D eigenvalue weighted by molar-refractivity contribution is 0.256. The van der Waals surface area contributed by atoms with E-state index in [1.807, 2.05) is 36.4 Å². The summed E-state index contributed by atoms with van der Waals surface area (Å²) in [5.41, 5.74) is 0. The van der Waals surface area contributed by atoms with Gasteiger partial charge in [-0.15, -0.1) is 0 Å². The number of benzene rings is 2. The van der Waals surface area contributed by atoms with Gasteiger partial charge in [0.1, 0.15) is 11.5 Å². The molecule has 5 heteroatoms. The predicted molar refractivity (Wildman–Crippen MR) is 227 cm³/mol. The van der Waals surface area contributed by atoms with Crippen molar-refractivity contribution in [1.82, 2.24) is 0 Å². The van der Waals surface area contributed by atoms with Crippen molar-refractivity contribution in [1.29, 1.82) is 0 Å². The zero-order valence-electron chi connectivity index (χ0n) is 35.1. The average molecular weight is 739 g/mol. The molecule has 0 aromatic heterocycles. The van der Waals surface area contributed by atoms with Gasteiger partial charge in [0.15, 0.2) is 23.0 Å². The van der Waals surface area contributed by atoms with Crippen LogP contribution in [0.1, 0.15) is 207 Å². The molecule has 0 heterocycles. The van der Waals surface area contributed by atoms with Crippen LogP contribution in [0.25, 0.3) is 0 Å². The average Bonchev–Trinajstić information content (AvgIpc) is 3.17. The highest BCUT2D eigenvalue weighted by molar-refractivity contribution is 5.49. The normalized spacial score (nSPS) is 11.2. The highest BCUT2D eigenvalue weighted by atomic mass is 16.5. The Labute approximate surface area is 327 Å². The predicted octanol–water partition coefficient (Wildman–Crippen LogP) is 16.0. The minimum atomic E-state index is 0.687. The highest BCUT2D eigenvalue weighted by Gasteiger charge is 2.12. The smallest absolute Gasteiger partial charge is 0.164 e. The molecular formula is C48H82O5. The second-order valence-corrected chi connectivity index (χ2v) is 15.2. The minimum Gasteiger partial charge on any atom is -0.490 e. The van der Waals surface area contributed by atoms with E-state index in [2.05, 4.69) is 27.7 Å². The van der Waals surface area contributed by atoms with E-state index in [-0.39, 0.29) is 0 Å². The Bertz CT molecular complexity index is 1020. The number of ether oxygens (including phenoxy) is 5. The van der Waals surface area contributed by atoms with Gasteiger partial charge in [-0.25, -0.2) is 0 Å². The molecular weight excluding hydrogens is 657 g/mol. The molecule has 2 aromatic rings. The summed E-state index contributed by atoms with van der Waals surface area (Å²) in [6.07, 6.45) is 35.3. The minimum absolute atomic E-state index is 0.687. The number of hydrogen-bond acceptors (Lipinski definition) is 5. The third-order valence-corrected chi connectivity index (χ3v) is 10.1. The van der Waals surface area contributed by atoms with Crippen molar-refractivity contribution in [2.24, 2.45) is 0 Å². The Hall–Kier alpha value is -2.56. The molecule has 0 saturated heterocycles. The number of rotatable bonds is 38. The Morgan fingerprint density at radius 2 is 0.528 bits per heavy atom. The molecule has 0 bridgehead atoms. The van der Waals surface area contributed by atoms with Crippen LogP contribution in [0.5, 0.6) is 34.5 Å². The summed E-state index contributed by atoms with van der Waals surface area (Å²) in [4.78, 5) is 0. The molecule has 0 unspecified atom stereocenters. The van der Waals surface area contributed by atoms with Crippen LogP contribution in [0.2, 0.25) is 0 Å². The van der Waals surface area contributed by atoms with Gasteiger partial charge in [-0.2, -0.15) is 0 Å². The molecule has 0 radical (unpaired) electrons. The highest BCUT2D eigenvalue weighted by Crippen LogP contribution is 2.37. The van der Waals surface area contributed by atoms with E-state index >= 15 is 0 Å². The first-order chi connectivity index (χ1) is 26.2. The molecule has 0 atom stereocenters. The molecule has 0 aliphatic carbocycles. The number of hydrogen-bond donors (Lipinski definition) is 0. The van der Waals surface area contributed by atoms with E-state index in [0.29, 0.717) is 26.4 Å². The van der Waals surface area contributed by atoms with E-state index in [9.17, 15) is 0 Å². The van der Waals surface area contributed by atoms with Crippen LogP contribution in [0.3, 0.4) is 0 Å². The first kappa shape index (κ1) is 46.6. The Morgan fingerprint density at radius 1 is 0.283 bits per heavy atom. The summed E-state index contributed by atoms with van der Waals surface area (Å²) < 4.78 is 31.7. The van der Waals surface area contributed by atoms with Gasteiger partial charge >= 0.3 is 0 Å². The fraction of sp³-hybridized carbons (Fsp3) is 0.750. The molecule has 0 spiro atoms. The van der Waals surface area contributed by atoms with Gasteiger partial charge in [0.05, 0.1) is 26.4 Å². The van der Waals surface area contributed by atoms with Gasteiger partial charge in [-0.05, 0) is 49.9 Å². The van der Waals surface area contributed by atoms with Crippen molar-refractivity contribution in [3.05, 3.63) is 36.4 Å². The van der Waals surface area contributed by atoms with Crippen LogP contribution < -0.4 is 23.7 Å². The van der Waals surface area contributed by atoms with Crippen LogP contribution in [0.4, 0.5) is 0 Å². The first-order valence-corrected chi connectivity index (χ1v) is 22.7. The second-order valence-electron chi connectivity index (χ2n) is 15.2. The molecule has 0 saturated carbocycles. The second kappa shape index (κ2) is 34.0. The van der Waals surface area contributed by atoms with E-state index in [1.54, 1.807) is 0 Å². The first-order valence-electron chi connectivity index (χ1n) is 22.7. The number of unbranched alkanes of at least 4 members (excludes halogenated alkanes) is 24. The van der Waals surface area contributed by atoms with Crippen LogP contribution in [0.15, 0.2) is 36.4 Å². The molecule has 2 aromatic carbocycles. The van der Waals surface area contributed by atoms with Gasteiger partial charge in [0.25, 0.3) is 0 Å². The Balaban J connectivity index is 2.03. The molecule has 0 aliphatic rings. The fourth-order valence-electron chi connectivity index (χ4n) is 6.67. The Kier molecular flexibility index (Phi) is 29.9. The van der Waals surface area contributed by atoms with Crippen LogP contribution in [-0.2, 0) is 0 Å². The summed E-state index contributed by atoms with van der Waals surface area (Å²) >= 11 is 0. The van der Waals surface area contributed by atoms with Crippen LogP contribution in [0, 0.1) is 0 Å². The van der Waals surface area contributed by atoms with Gasteiger partial charge in [0.2, 0.25) is 0 Å². The lowest BCUT2D eigenvalue weighted by Gasteiger charge is -2.16. The molecule has 0 amide bonds. The van der Waals surface area contributed by atoms with E-state index in [1.165, 1.54) is 154 Å². The monoisotopic (exact) mass is 739 g/mol. The summed E-state index contributed by atoms with van der Waals surface area (Å²) in [7, 11) is 0. The molecule has 2 rings (SSSR count). The maximum atomic E-state index is 6.44. The van der Waals surface area contributed by atoms with Crippen LogP contribution in [-0.4, -0.2) is 26.4 Å². The topological polar surface area (TPSA) is 46.2 Å². The quantitative estimate of drug-likeness (QED) is 0.0642. The summed E-state index contributed by atoms with van der Waals surface area (Å²) in [6, 6.07) is 12.0. The van der Waals surface area contributed by atoms with Gasteiger partial charge < -0.3 is 23.7 Å². The zero-order valence-corrected chi connectivity index (χ0v) is 35.1. The van der Waals surface area contributed by atoms with E-state index in [4.69, 9.17) is 23.7 Å². The molecule has 304 valence electrons. The van der Waals surface area contributed by atoms with E-state index in [0.717, 1.165) is 60.2 Å². The van der Waals surface area contributed by atoms with Gasteiger partial charge in [0, 0.05) is 12.1 Å². The largest absolute Gasteiger partial charge is 0.490 e.